The zero-order valence-corrected chi connectivity index (χ0v) is 9.00. The van der Waals surface area contributed by atoms with Gasteiger partial charge in [-0.1, -0.05) is 6.07 Å². The lowest BCUT2D eigenvalue weighted by molar-refractivity contribution is 1.04. The van der Waals surface area contributed by atoms with Gasteiger partial charge in [-0.2, -0.15) is 9.37 Å². The molecular weight excluding hydrogens is 222 g/mol. The molecule has 0 spiro atoms. The van der Waals surface area contributed by atoms with Gasteiger partial charge in [-0.3, -0.25) is 4.40 Å². The number of rotatable bonds is 1. The van der Waals surface area contributed by atoms with Gasteiger partial charge in [0.1, 0.15) is 0 Å². The van der Waals surface area contributed by atoms with Crippen LogP contribution in [0.25, 0.3) is 5.65 Å². The van der Waals surface area contributed by atoms with Gasteiger partial charge < -0.3 is 0 Å². The summed E-state index contributed by atoms with van der Waals surface area (Å²) in [4.78, 5) is 13.2. The third-order valence-electron chi connectivity index (χ3n) is 2.01. The molecule has 0 N–H and O–H groups in total. The molecule has 3 aromatic rings. The molecule has 6 heteroatoms. The molecular formula is C10H7N5S. The molecule has 0 saturated heterocycles. The second kappa shape index (κ2) is 3.82. The van der Waals surface area contributed by atoms with E-state index < -0.39 is 0 Å². The molecule has 3 aromatic heterocycles. The fourth-order valence-electron chi connectivity index (χ4n) is 1.31. The molecule has 0 aliphatic heterocycles. The first-order chi connectivity index (χ1) is 7.93. The van der Waals surface area contributed by atoms with Crippen LogP contribution in [0.15, 0.2) is 47.8 Å². The Morgan fingerprint density at radius 3 is 2.88 bits per heavy atom. The van der Waals surface area contributed by atoms with Crippen LogP contribution in [0.2, 0.25) is 0 Å². The summed E-state index contributed by atoms with van der Waals surface area (Å²) in [6.07, 6.45) is 5.25. The molecule has 0 bridgehead atoms. The van der Waals surface area contributed by atoms with Crippen molar-refractivity contribution in [3.05, 3.63) is 47.7 Å². The Hall–Kier alpha value is -2.08. The van der Waals surface area contributed by atoms with E-state index in [0.29, 0.717) is 5.95 Å². The molecule has 0 aromatic carbocycles. The van der Waals surface area contributed by atoms with Crippen molar-refractivity contribution in [1.82, 2.24) is 18.7 Å². The number of pyridine rings is 1. The molecule has 0 aliphatic rings. The van der Waals surface area contributed by atoms with Gasteiger partial charge in [0.15, 0.2) is 5.65 Å². The van der Waals surface area contributed by atoms with Crippen LogP contribution >= 0.6 is 11.5 Å². The number of fused-ring (bicyclic) bond motifs is 1. The fraction of sp³-hybridized carbons (Fsp3) is 0. The summed E-state index contributed by atoms with van der Waals surface area (Å²) in [7, 11) is 0. The van der Waals surface area contributed by atoms with E-state index in [-0.39, 0.29) is 0 Å². The molecule has 0 saturated carbocycles. The van der Waals surface area contributed by atoms with Gasteiger partial charge in [0.05, 0.1) is 0 Å². The van der Waals surface area contributed by atoms with E-state index in [1.54, 1.807) is 18.5 Å². The van der Waals surface area contributed by atoms with Crippen molar-refractivity contribution in [2.75, 3.05) is 0 Å². The summed E-state index contributed by atoms with van der Waals surface area (Å²) in [5.74, 6) is 0.449. The van der Waals surface area contributed by atoms with Crippen LogP contribution in [0.3, 0.4) is 0 Å². The highest BCUT2D eigenvalue weighted by Crippen LogP contribution is 2.01. The fourth-order valence-corrected chi connectivity index (χ4v) is 2.00. The first-order valence-electron chi connectivity index (χ1n) is 4.68. The number of nitrogens with zero attached hydrogens (tertiary/aromatic N) is 5. The van der Waals surface area contributed by atoms with Crippen LogP contribution < -0.4 is 4.80 Å². The van der Waals surface area contributed by atoms with E-state index in [0.717, 1.165) is 10.4 Å². The Labute approximate surface area is 95.0 Å². The third-order valence-corrected chi connectivity index (χ3v) is 2.74. The van der Waals surface area contributed by atoms with Crippen LogP contribution in [0.5, 0.6) is 0 Å². The van der Waals surface area contributed by atoms with Crippen molar-refractivity contribution in [1.29, 1.82) is 0 Å². The molecule has 5 nitrogen and oxygen atoms in total. The summed E-state index contributed by atoms with van der Waals surface area (Å²) in [6, 6.07) is 7.57. The molecule has 0 aliphatic carbocycles. The first kappa shape index (κ1) is 9.17. The smallest absolute Gasteiger partial charge is 0.252 e. The van der Waals surface area contributed by atoms with Crippen LogP contribution in [-0.4, -0.2) is 18.7 Å². The van der Waals surface area contributed by atoms with Crippen LogP contribution in [0, 0.1) is 0 Å². The van der Waals surface area contributed by atoms with Gasteiger partial charge in [-0.15, -0.1) is 0 Å². The Balaban J connectivity index is 2.23. The minimum absolute atomic E-state index is 0.449. The molecule has 3 heterocycles. The standard InChI is InChI=1S/C10H7N5S/c1-2-7-15-8(4-1)14-16-10(15)13-9-11-5-3-6-12-9/h1-7H/b13-10-. The SMILES string of the molecule is c1cnc(/N=c2\snc3ccccn23)nc1. The van der Waals surface area contributed by atoms with Crippen molar-refractivity contribution in [2.24, 2.45) is 4.99 Å². The van der Waals surface area contributed by atoms with Crippen molar-refractivity contribution < 1.29 is 0 Å². The highest BCUT2D eigenvalue weighted by molar-refractivity contribution is 7.03. The number of aromatic nitrogens is 4. The lowest BCUT2D eigenvalue weighted by Crippen LogP contribution is -2.05. The summed E-state index contributed by atoms with van der Waals surface area (Å²) in [5.41, 5.74) is 0.877. The predicted octanol–water partition coefficient (Wildman–Crippen LogP) is 1.42. The molecule has 3 rings (SSSR count). The second-order valence-corrected chi connectivity index (χ2v) is 3.78. The van der Waals surface area contributed by atoms with Gasteiger partial charge >= 0.3 is 0 Å². The first-order valence-corrected chi connectivity index (χ1v) is 5.46. The van der Waals surface area contributed by atoms with E-state index in [2.05, 4.69) is 19.3 Å². The maximum absolute atomic E-state index is 4.33. The van der Waals surface area contributed by atoms with Gasteiger partial charge in [-0.05, 0) is 18.2 Å². The van der Waals surface area contributed by atoms with Crippen LogP contribution in [0.4, 0.5) is 5.95 Å². The number of hydrogen-bond donors (Lipinski definition) is 0. The Kier molecular flexibility index (Phi) is 2.19. The van der Waals surface area contributed by atoms with E-state index >= 15 is 0 Å². The Morgan fingerprint density at radius 1 is 1.12 bits per heavy atom. The Morgan fingerprint density at radius 2 is 2.00 bits per heavy atom. The van der Waals surface area contributed by atoms with Crippen molar-refractivity contribution in [3.63, 3.8) is 0 Å². The van der Waals surface area contributed by atoms with Crippen molar-refractivity contribution in [2.45, 2.75) is 0 Å². The maximum Gasteiger partial charge on any atom is 0.252 e. The summed E-state index contributed by atoms with van der Waals surface area (Å²) in [6.45, 7) is 0. The van der Waals surface area contributed by atoms with Gasteiger partial charge in [-0.25, -0.2) is 9.97 Å². The summed E-state index contributed by atoms with van der Waals surface area (Å²) >= 11 is 1.32. The van der Waals surface area contributed by atoms with Crippen LogP contribution in [-0.2, 0) is 0 Å². The average molecular weight is 229 g/mol. The van der Waals surface area contributed by atoms with Crippen LogP contribution in [0.1, 0.15) is 0 Å². The van der Waals surface area contributed by atoms with E-state index in [4.69, 9.17) is 0 Å². The predicted molar refractivity (Wildman–Crippen MR) is 60.3 cm³/mol. The number of hydrogen-bond acceptors (Lipinski definition) is 5. The minimum atomic E-state index is 0.449. The van der Waals surface area contributed by atoms with Gasteiger partial charge in [0.2, 0.25) is 4.80 Å². The zero-order valence-electron chi connectivity index (χ0n) is 8.19. The Bertz CT molecular complexity index is 670. The lowest BCUT2D eigenvalue weighted by atomic mass is 10.5. The molecule has 0 radical (unpaired) electrons. The lowest BCUT2D eigenvalue weighted by Gasteiger charge is -1.90. The molecule has 0 fully saturated rings. The van der Waals surface area contributed by atoms with E-state index in [9.17, 15) is 0 Å². The highest BCUT2D eigenvalue weighted by Gasteiger charge is 1.97. The van der Waals surface area contributed by atoms with Crippen molar-refractivity contribution in [3.8, 4) is 0 Å². The minimum Gasteiger partial charge on any atom is -0.275 e. The zero-order chi connectivity index (χ0) is 10.8. The largest absolute Gasteiger partial charge is 0.275 e. The summed E-state index contributed by atoms with van der Waals surface area (Å²) in [5, 5.41) is 0. The molecule has 0 unspecified atom stereocenters. The molecule has 78 valence electrons. The highest BCUT2D eigenvalue weighted by atomic mass is 32.1. The topological polar surface area (TPSA) is 55.4 Å². The molecule has 16 heavy (non-hydrogen) atoms. The van der Waals surface area contributed by atoms with Crippen molar-refractivity contribution >= 4 is 23.1 Å². The maximum atomic E-state index is 4.33. The normalized spacial score (nSPS) is 12.1. The average Bonchev–Trinajstić information content (AvgIpc) is 2.74. The van der Waals surface area contributed by atoms with E-state index in [1.165, 1.54) is 11.5 Å². The van der Waals surface area contributed by atoms with Gasteiger partial charge in [0, 0.05) is 30.1 Å². The third kappa shape index (κ3) is 1.59. The van der Waals surface area contributed by atoms with Gasteiger partial charge in [0.25, 0.3) is 5.95 Å². The summed E-state index contributed by atoms with van der Waals surface area (Å²) < 4.78 is 6.17. The monoisotopic (exact) mass is 229 g/mol. The molecule has 0 atom stereocenters. The van der Waals surface area contributed by atoms with E-state index in [1.807, 2.05) is 28.8 Å². The quantitative estimate of drug-likeness (QED) is 0.634. The molecule has 0 amide bonds. The second-order valence-electron chi connectivity index (χ2n) is 3.05.